The predicted molar refractivity (Wildman–Crippen MR) is 142 cm³/mol. The first-order valence-electron chi connectivity index (χ1n) is 12.5. The van der Waals surface area contributed by atoms with E-state index in [-0.39, 0.29) is 40.7 Å². The molecule has 3 unspecified atom stereocenters. The molecule has 11 heteroatoms. The number of nitrogens with one attached hydrogen (secondary N) is 1. The van der Waals surface area contributed by atoms with Crippen molar-refractivity contribution in [2.24, 2.45) is 0 Å². The third kappa shape index (κ3) is 6.66. The summed E-state index contributed by atoms with van der Waals surface area (Å²) in [6, 6.07) is 1.89. The molecule has 3 atom stereocenters. The Labute approximate surface area is 223 Å². The maximum atomic E-state index is 15.4. The summed E-state index contributed by atoms with van der Waals surface area (Å²) >= 11 is 5.13. The van der Waals surface area contributed by atoms with Gasteiger partial charge in [0, 0.05) is 5.56 Å². The summed E-state index contributed by atoms with van der Waals surface area (Å²) in [6.07, 6.45) is 1.46. The molecule has 206 valence electrons. The monoisotopic (exact) mass is 558 g/mol. The lowest BCUT2D eigenvalue weighted by atomic mass is 9.78. The van der Waals surface area contributed by atoms with Gasteiger partial charge in [0.2, 0.25) is 5.82 Å². The second-order valence-corrected chi connectivity index (χ2v) is 12.4. The van der Waals surface area contributed by atoms with E-state index in [1.54, 1.807) is 0 Å². The summed E-state index contributed by atoms with van der Waals surface area (Å²) < 4.78 is 54.3. The smallest absolute Gasteiger partial charge is 0.397 e. The van der Waals surface area contributed by atoms with Gasteiger partial charge < -0.3 is 9.26 Å². The van der Waals surface area contributed by atoms with Gasteiger partial charge in [0.05, 0.1) is 31.1 Å². The SMILES string of the molecule is CC.CC(C)(C)c1cc(C(C)(C)C)c2c(c1F)COP(OCC1CCC(n3cc(F)c(=O)[nH]c3=S)O1)O2. The minimum Gasteiger partial charge on any atom is -0.426 e. The molecule has 1 fully saturated rings. The van der Waals surface area contributed by atoms with Crippen LogP contribution in [-0.2, 0) is 31.2 Å². The Bertz CT molecular complexity index is 1240. The van der Waals surface area contributed by atoms with Crippen LogP contribution < -0.4 is 10.1 Å². The Balaban J connectivity index is 0.00000186. The van der Waals surface area contributed by atoms with Gasteiger partial charge in [0.1, 0.15) is 17.8 Å². The Kier molecular flexibility index (Phi) is 9.34. The minimum atomic E-state index is -1.75. The highest BCUT2D eigenvalue weighted by atomic mass is 32.1. The molecule has 2 aliphatic heterocycles. The molecule has 37 heavy (non-hydrogen) atoms. The van der Waals surface area contributed by atoms with Crippen LogP contribution in [0.3, 0.4) is 0 Å². The van der Waals surface area contributed by atoms with Crippen LogP contribution in [0.15, 0.2) is 17.1 Å². The third-order valence-electron chi connectivity index (χ3n) is 6.09. The largest absolute Gasteiger partial charge is 0.426 e. The van der Waals surface area contributed by atoms with E-state index in [1.807, 2.05) is 40.7 Å². The number of aromatic nitrogens is 2. The number of benzene rings is 1. The zero-order valence-electron chi connectivity index (χ0n) is 22.7. The maximum Gasteiger partial charge on any atom is 0.397 e. The Morgan fingerprint density at radius 2 is 1.78 bits per heavy atom. The fourth-order valence-electron chi connectivity index (χ4n) is 4.15. The number of fused-ring (bicyclic) bond motifs is 1. The number of hydrogen-bond donors (Lipinski definition) is 1. The lowest BCUT2D eigenvalue weighted by Gasteiger charge is -2.33. The molecule has 1 N–H and O–H groups in total. The van der Waals surface area contributed by atoms with Gasteiger partial charge in [0.15, 0.2) is 4.77 Å². The molecule has 0 saturated carbocycles. The van der Waals surface area contributed by atoms with Crippen molar-refractivity contribution in [3.8, 4) is 5.75 Å². The molecule has 0 amide bonds. The summed E-state index contributed by atoms with van der Waals surface area (Å²) in [5, 5.41) is 0. The second kappa shape index (κ2) is 11.6. The van der Waals surface area contributed by atoms with Gasteiger partial charge in [-0.15, -0.1) is 0 Å². The standard InChI is InChI=1S/C24H31F2N2O5PS.C2H6/c1-23(2,3)15-9-16(24(4,5)6)20-14(19(15)26)12-31-34(33-20)30-11-13-7-8-18(32-13)28-10-17(25)21(29)27-22(28)35;1-2/h9-10,13,18H,7-8,11-12H2,1-6H3,(H,27,29,35);1-2H3. The van der Waals surface area contributed by atoms with E-state index in [0.717, 1.165) is 11.8 Å². The lowest BCUT2D eigenvalue weighted by molar-refractivity contribution is -0.0225. The van der Waals surface area contributed by atoms with Crippen LogP contribution in [-0.4, -0.2) is 22.3 Å². The first-order valence-corrected chi connectivity index (χ1v) is 14.0. The van der Waals surface area contributed by atoms with Gasteiger partial charge >= 0.3 is 8.60 Å². The summed E-state index contributed by atoms with van der Waals surface area (Å²) in [6.45, 7) is 16.4. The molecule has 2 aliphatic rings. The topological polar surface area (TPSA) is 74.7 Å². The number of rotatable bonds is 4. The van der Waals surface area contributed by atoms with E-state index in [1.165, 1.54) is 4.57 Å². The van der Waals surface area contributed by atoms with Crippen molar-refractivity contribution in [1.82, 2.24) is 9.55 Å². The molecule has 3 heterocycles. The van der Waals surface area contributed by atoms with Crippen LogP contribution >= 0.6 is 20.8 Å². The molecule has 7 nitrogen and oxygen atoms in total. The highest BCUT2D eigenvalue weighted by Crippen LogP contribution is 2.52. The fraction of sp³-hybridized carbons (Fsp3) is 0.615. The van der Waals surface area contributed by atoms with E-state index in [9.17, 15) is 9.18 Å². The van der Waals surface area contributed by atoms with Crippen molar-refractivity contribution >= 4 is 20.8 Å². The van der Waals surface area contributed by atoms with Gasteiger partial charge in [-0.2, -0.15) is 4.39 Å². The van der Waals surface area contributed by atoms with Crippen LogP contribution in [0.25, 0.3) is 0 Å². The van der Waals surface area contributed by atoms with Crippen LogP contribution in [0.1, 0.15) is 91.1 Å². The molecule has 0 spiro atoms. The minimum absolute atomic E-state index is 0.0554. The van der Waals surface area contributed by atoms with Crippen molar-refractivity contribution in [1.29, 1.82) is 0 Å². The Hall–Kier alpha value is -1.71. The number of H-pyrrole nitrogens is 1. The van der Waals surface area contributed by atoms with E-state index in [0.29, 0.717) is 29.7 Å². The molecule has 0 bridgehead atoms. The van der Waals surface area contributed by atoms with Crippen molar-refractivity contribution in [3.05, 3.63) is 55.7 Å². The van der Waals surface area contributed by atoms with Crippen molar-refractivity contribution in [2.75, 3.05) is 6.61 Å². The molecule has 0 radical (unpaired) electrons. The summed E-state index contributed by atoms with van der Waals surface area (Å²) in [5.41, 5.74) is 0.443. The average Bonchev–Trinajstić information content (AvgIpc) is 3.28. The van der Waals surface area contributed by atoms with E-state index >= 15 is 4.39 Å². The predicted octanol–water partition coefficient (Wildman–Crippen LogP) is 7.34. The maximum absolute atomic E-state index is 15.4. The summed E-state index contributed by atoms with van der Waals surface area (Å²) in [4.78, 5) is 13.7. The van der Waals surface area contributed by atoms with Crippen molar-refractivity contribution in [3.63, 3.8) is 0 Å². The van der Waals surface area contributed by atoms with Gasteiger partial charge in [-0.25, -0.2) is 4.39 Å². The lowest BCUT2D eigenvalue weighted by Crippen LogP contribution is -2.24. The molecular formula is C26H37F2N2O5PS. The van der Waals surface area contributed by atoms with Gasteiger partial charge in [0.25, 0.3) is 5.56 Å². The summed E-state index contributed by atoms with van der Waals surface area (Å²) in [5.74, 6) is -0.743. The van der Waals surface area contributed by atoms with Crippen molar-refractivity contribution < 1.29 is 27.1 Å². The first kappa shape index (κ1) is 29.8. The molecule has 1 saturated heterocycles. The molecule has 4 rings (SSSR count). The number of aromatic amines is 1. The van der Waals surface area contributed by atoms with Crippen LogP contribution in [0.5, 0.6) is 5.75 Å². The number of halogens is 2. The average molecular weight is 559 g/mol. The van der Waals surface area contributed by atoms with Gasteiger partial charge in [-0.3, -0.25) is 23.4 Å². The molecule has 2 aromatic rings. The quantitative estimate of drug-likeness (QED) is 0.313. The van der Waals surface area contributed by atoms with Gasteiger partial charge in [-0.05, 0) is 47.5 Å². The molecular weight excluding hydrogens is 521 g/mol. The normalized spacial score (nSPS) is 21.6. The van der Waals surface area contributed by atoms with E-state index in [2.05, 4.69) is 25.8 Å². The number of nitrogens with zero attached hydrogens (tertiary/aromatic N) is 1. The first-order chi connectivity index (χ1) is 17.3. The Morgan fingerprint density at radius 1 is 1.14 bits per heavy atom. The van der Waals surface area contributed by atoms with Crippen LogP contribution in [0.2, 0.25) is 0 Å². The van der Waals surface area contributed by atoms with E-state index < -0.39 is 26.2 Å². The van der Waals surface area contributed by atoms with E-state index in [4.69, 9.17) is 30.5 Å². The molecule has 1 aromatic heterocycles. The highest BCUT2D eigenvalue weighted by molar-refractivity contribution is 7.71. The van der Waals surface area contributed by atoms with Crippen LogP contribution in [0, 0.1) is 16.4 Å². The highest BCUT2D eigenvalue weighted by Gasteiger charge is 2.36. The van der Waals surface area contributed by atoms with Crippen molar-refractivity contribution in [2.45, 2.75) is 98.0 Å². The third-order valence-corrected chi connectivity index (χ3v) is 7.43. The van der Waals surface area contributed by atoms with Gasteiger partial charge in [-0.1, -0.05) is 55.4 Å². The Morgan fingerprint density at radius 3 is 2.41 bits per heavy atom. The summed E-state index contributed by atoms with van der Waals surface area (Å²) in [7, 11) is -1.75. The number of hydrogen-bond acceptors (Lipinski definition) is 6. The zero-order chi connectivity index (χ0) is 27.7. The second-order valence-electron chi connectivity index (χ2n) is 10.9. The van der Waals surface area contributed by atoms with Crippen LogP contribution in [0.4, 0.5) is 8.78 Å². The fourth-order valence-corrected chi connectivity index (χ4v) is 5.47. The number of ether oxygens (including phenoxy) is 1. The molecule has 0 aliphatic carbocycles. The zero-order valence-corrected chi connectivity index (χ0v) is 24.4. The molecule has 1 aromatic carbocycles.